The summed E-state index contributed by atoms with van der Waals surface area (Å²) in [7, 11) is 0. The number of nitrogens with one attached hydrogen (secondary N) is 1. The molecule has 1 fully saturated rings. The molecular weight excluding hydrogens is 226 g/mol. The predicted molar refractivity (Wildman–Crippen MR) is 70.2 cm³/mol. The lowest BCUT2D eigenvalue weighted by molar-refractivity contribution is -0.0975. The van der Waals surface area contributed by atoms with Crippen molar-refractivity contribution in [2.24, 2.45) is 5.41 Å². The fourth-order valence-electron chi connectivity index (χ4n) is 2.40. The van der Waals surface area contributed by atoms with Crippen molar-refractivity contribution in [2.75, 3.05) is 11.9 Å². The van der Waals surface area contributed by atoms with E-state index in [1.807, 2.05) is 13.0 Å². The number of nitriles is 1. The van der Waals surface area contributed by atoms with E-state index in [0.717, 1.165) is 18.7 Å². The molecule has 0 bridgehead atoms. The molecule has 0 aromatic carbocycles. The lowest BCUT2D eigenvalue weighted by Crippen LogP contribution is -2.58. The molecule has 2 rings (SSSR count). The Balaban J connectivity index is 2.01. The molecule has 18 heavy (non-hydrogen) atoms. The zero-order valence-corrected chi connectivity index (χ0v) is 11.1. The maximum atomic E-state index is 8.82. The van der Waals surface area contributed by atoms with Gasteiger partial charge in [-0.05, 0) is 25.5 Å². The molecule has 96 valence electrons. The highest BCUT2D eigenvalue weighted by Crippen LogP contribution is 2.44. The zero-order chi connectivity index (χ0) is 13.2. The van der Waals surface area contributed by atoms with Gasteiger partial charge in [0.1, 0.15) is 11.8 Å². The molecule has 1 saturated carbocycles. The minimum Gasteiger partial charge on any atom is -0.381 e. The Morgan fingerprint density at radius 2 is 2.39 bits per heavy atom. The first-order chi connectivity index (χ1) is 8.57. The monoisotopic (exact) mass is 245 g/mol. The van der Waals surface area contributed by atoms with Gasteiger partial charge in [0, 0.05) is 29.9 Å². The quantitative estimate of drug-likeness (QED) is 0.885. The van der Waals surface area contributed by atoms with Crippen LogP contribution in [0.15, 0.2) is 18.3 Å². The van der Waals surface area contributed by atoms with Crippen molar-refractivity contribution in [2.45, 2.75) is 39.3 Å². The van der Waals surface area contributed by atoms with E-state index in [4.69, 9.17) is 10.00 Å². The Bertz CT molecular complexity index is 464. The molecule has 1 aliphatic rings. The first-order valence-electron chi connectivity index (χ1n) is 6.32. The van der Waals surface area contributed by atoms with Crippen LogP contribution in [0.5, 0.6) is 0 Å². The Morgan fingerprint density at radius 3 is 3.00 bits per heavy atom. The molecule has 4 nitrogen and oxygen atoms in total. The van der Waals surface area contributed by atoms with E-state index in [0.29, 0.717) is 17.8 Å². The van der Waals surface area contributed by atoms with Crippen molar-refractivity contribution in [1.29, 1.82) is 5.26 Å². The Labute approximate surface area is 108 Å². The summed E-state index contributed by atoms with van der Waals surface area (Å²) in [5, 5.41) is 12.3. The van der Waals surface area contributed by atoms with E-state index < -0.39 is 0 Å². The van der Waals surface area contributed by atoms with Crippen molar-refractivity contribution in [1.82, 2.24) is 4.98 Å². The van der Waals surface area contributed by atoms with Gasteiger partial charge >= 0.3 is 0 Å². The lowest BCUT2D eigenvalue weighted by Gasteiger charge is -2.52. The number of anilines is 1. The molecule has 1 aromatic heterocycles. The molecule has 0 radical (unpaired) electrons. The van der Waals surface area contributed by atoms with Crippen molar-refractivity contribution in [3.63, 3.8) is 0 Å². The van der Waals surface area contributed by atoms with Crippen LogP contribution >= 0.6 is 0 Å². The second kappa shape index (κ2) is 4.95. The summed E-state index contributed by atoms with van der Waals surface area (Å²) in [6.07, 6.45) is 2.98. The second-order valence-corrected chi connectivity index (χ2v) is 5.24. The van der Waals surface area contributed by atoms with Gasteiger partial charge in [0.2, 0.25) is 0 Å². The van der Waals surface area contributed by atoms with Crippen molar-refractivity contribution in [3.05, 3.63) is 24.0 Å². The summed E-state index contributed by atoms with van der Waals surface area (Å²) in [5.41, 5.74) is 1.51. The summed E-state index contributed by atoms with van der Waals surface area (Å²) >= 11 is 0. The zero-order valence-electron chi connectivity index (χ0n) is 11.1. The van der Waals surface area contributed by atoms with Crippen LogP contribution in [0, 0.1) is 16.7 Å². The summed E-state index contributed by atoms with van der Waals surface area (Å²) in [5.74, 6) is 0. The molecular formula is C14H19N3O. The van der Waals surface area contributed by atoms with Gasteiger partial charge in [-0.15, -0.1) is 0 Å². The van der Waals surface area contributed by atoms with Gasteiger partial charge in [0.25, 0.3) is 0 Å². The summed E-state index contributed by atoms with van der Waals surface area (Å²) < 4.78 is 5.70. The third kappa shape index (κ3) is 2.32. The number of aromatic nitrogens is 1. The summed E-state index contributed by atoms with van der Waals surface area (Å²) in [6.45, 7) is 7.20. The fourth-order valence-corrected chi connectivity index (χ4v) is 2.40. The van der Waals surface area contributed by atoms with Gasteiger partial charge in [-0.25, -0.2) is 4.98 Å². The first-order valence-corrected chi connectivity index (χ1v) is 6.32. The third-order valence-corrected chi connectivity index (χ3v) is 3.76. The van der Waals surface area contributed by atoms with E-state index in [1.54, 1.807) is 12.3 Å². The largest absolute Gasteiger partial charge is 0.381 e. The van der Waals surface area contributed by atoms with Crippen LogP contribution in [0.1, 0.15) is 32.9 Å². The standard InChI is InChI=1S/C14H19N3O/c1-4-18-13-8-12(14(13,2)3)17-10-5-6-16-11(7-10)9-15/h5-7,12-13H,4,8H2,1-3H3,(H,16,17). The third-order valence-electron chi connectivity index (χ3n) is 3.76. The maximum absolute atomic E-state index is 8.82. The highest BCUT2D eigenvalue weighted by molar-refractivity contribution is 5.47. The molecule has 0 spiro atoms. The number of ether oxygens (including phenoxy) is 1. The van der Waals surface area contributed by atoms with E-state index >= 15 is 0 Å². The predicted octanol–water partition coefficient (Wildman–Crippen LogP) is 2.57. The van der Waals surface area contributed by atoms with Crippen LogP contribution in [-0.4, -0.2) is 23.7 Å². The number of hydrogen-bond acceptors (Lipinski definition) is 4. The topological polar surface area (TPSA) is 57.9 Å². The Hall–Kier alpha value is -1.60. The normalized spacial score (nSPS) is 25.0. The van der Waals surface area contributed by atoms with Crippen LogP contribution in [-0.2, 0) is 4.74 Å². The van der Waals surface area contributed by atoms with E-state index in [-0.39, 0.29) is 5.41 Å². The van der Waals surface area contributed by atoms with Crippen LogP contribution < -0.4 is 5.32 Å². The smallest absolute Gasteiger partial charge is 0.142 e. The van der Waals surface area contributed by atoms with Crippen LogP contribution in [0.3, 0.4) is 0 Å². The Morgan fingerprint density at radius 1 is 1.61 bits per heavy atom. The second-order valence-electron chi connectivity index (χ2n) is 5.24. The highest BCUT2D eigenvalue weighted by atomic mass is 16.5. The molecule has 0 aliphatic heterocycles. The number of hydrogen-bond donors (Lipinski definition) is 1. The van der Waals surface area contributed by atoms with E-state index in [9.17, 15) is 0 Å². The van der Waals surface area contributed by atoms with Gasteiger partial charge in [-0.2, -0.15) is 5.26 Å². The lowest BCUT2D eigenvalue weighted by atomic mass is 9.64. The molecule has 2 atom stereocenters. The fraction of sp³-hybridized carbons (Fsp3) is 0.571. The molecule has 0 amide bonds. The van der Waals surface area contributed by atoms with Crippen molar-refractivity contribution >= 4 is 5.69 Å². The van der Waals surface area contributed by atoms with E-state index in [1.165, 1.54) is 0 Å². The molecule has 0 saturated heterocycles. The van der Waals surface area contributed by atoms with Crippen molar-refractivity contribution < 1.29 is 4.74 Å². The van der Waals surface area contributed by atoms with Gasteiger partial charge in [-0.1, -0.05) is 13.8 Å². The molecule has 4 heteroatoms. The number of rotatable bonds is 4. The molecule has 1 aliphatic carbocycles. The van der Waals surface area contributed by atoms with Crippen LogP contribution in [0.2, 0.25) is 0 Å². The minimum atomic E-state index is 0.117. The van der Waals surface area contributed by atoms with Crippen molar-refractivity contribution in [3.8, 4) is 6.07 Å². The summed E-state index contributed by atoms with van der Waals surface area (Å²) in [6, 6.07) is 6.10. The maximum Gasteiger partial charge on any atom is 0.142 e. The highest BCUT2D eigenvalue weighted by Gasteiger charge is 2.48. The van der Waals surface area contributed by atoms with Gasteiger partial charge in [0.05, 0.1) is 6.10 Å². The van der Waals surface area contributed by atoms with Gasteiger partial charge in [-0.3, -0.25) is 0 Å². The molecule has 2 unspecified atom stereocenters. The van der Waals surface area contributed by atoms with E-state index in [2.05, 4.69) is 30.2 Å². The van der Waals surface area contributed by atoms with Gasteiger partial charge in [0.15, 0.2) is 0 Å². The van der Waals surface area contributed by atoms with Crippen LogP contribution in [0.4, 0.5) is 5.69 Å². The van der Waals surface area contributed by atoms with Gasteiger partial charge < -0.3 is 10.1 Å². The molecule has 1 heterocycles. The summed E-state index contributed by atoms with van der Waals surface area (Å²) in [4.78, 5) is 3.96. The average molecular weight is 245 g/mol. The number of nitrogens with zero attached hydrogens (tertiary/aromatic N) is 2. The first kappa shape index (κ1) is 12.8. The Kier molecular flexibility index (Phi) is 3.53. The number of pyridine rings is 1. The SMILES string of the molecule is CCOC1CC(Nc2ccnc(C#N)c2)C1(C)C. The minimum absolute atomic E-state index is 0.117. The molecule has 1 N–H and O–H groups in total. The average Bonchev–Trinajstić information content (AvgIpc) is 2.38. The molecule has 1 aromatic rings. The van der Waals surface area contributed by atoms with Crippen LogP contribution in [0.25, 0.3) is 0 Å².